The fourth-order valence-electron chi connectivity index (χ4n) is 5.58. The Morgan fingerprint density at radius 2 is 1.56 bits per heavy atom. The number of carbonyl (C=O) groups is 4. The van der Waals surface area contributed by atoms with Crippen LogP contribution in [0, 0.1) is 30.6 Å². The van der Waals surface area contributed by atoms with Gasteiger partial charge >= 0.3 is 12.2 Å². The van der Waals surface area contributed by atoms with Crippen molar-refractivity contribution in [2.45, 2.75) is 93.4 Å². The Labute approximate surface area is 317 Å². The summed E-state index contributed by atoms with van der Waals surface area (Å²) < 4.78 is 10.9. The molecule has 4 rings (SSSR count). The normalized spacial score (nSPS) is 16.9. The summed E-state index contributed by atoms with van der Waals surface area (Å²) in [6.07, 6.45) is 6.53. The van der Waals surface area contributed by atoms with Crippen LogP contribution in [0.5, 0.6) is 0 Å². The second-order valence-corrected chi connectivity index (χ2v) is 15.3. The maximum atomic E-state index is 13.6. The van der Waals surface area contributed by atoms with Crippen LogP contribution < -0.4 is 10.7 Å². The number of aryl methyl sites for hydroxylation is 1. The largest absolute Gasteiger partial charge is 0.444 e. The van der Waals surface area contributed by atoms with Crippen molar-refractivity contribution in [1.82, 2.24) is 24.9 Å². The molecule has 2 aromatic heterocycles. The van der Waals surface area contributed by atoms with Gasteiger partial charge in [-0.3, -0.25) is 24.9 Å². The van der Waals surface area contributed by atoms with Crippen LogP contribution in [0.1, 0.15) is 91.1 Å². The minimum atomic E-state index is -0.946. The molecule has 0 spiro atoms. The summed E-state index contributed by atoms with van der Waals surface area (Å²) in [6.45, 7) is 19.1. The van der Waals surface area contributed by atoms with Gasteiger partial charge in [-0.25, -0.2) is 29.5 Å². The van der Waals surface area contributed by atoms with Crippen molar-refractivity contribution in [2.24, 2.45) is 16.8 Å². The van der Waals surface area contributed by atoms with Crippen LogP contribution in [0.15, 0.2) is 52.7 Å². The molecular weight excluding hydrogens is 688 g/mol. The number of likely N-dealkylation sites (N-methyl/N-ethyl adjacent to an activating group) is 1. The van der Waals surface area contributed by atoms with Crippen molar-refractivity contribution in [3.63, 3.8) is 0 Å². The Morgan fingerprint density at radius 3 is 2.19 bits per heavy atom. The molecule has 3 heterocycles. The van der Waals surface area contributed by atoms with E-state index < -0.39 is 41.1 Å². The molecular formula is C40H50N8O6. The molecule has 1 aliphatic heterocycles. The summed E-state index contributed by atoms with van der Waals surface area (Å²) >= 11 is 0. The fraction of sp³-hybridized carbons (Fsp3) is 0.450. The number of aromatic nitrogens is 3. The highest BCUT2D eigenvalue weighted by Crippen LogP contribution is 2.35. The second-order valence-electron chi connectivity index (χ2n) is 15.3. The van der Waals surface area contributed by atoms with E-state index >= 15 is 0 Å². The molecule has 0 saturated heterocycles. The topological polar surface area (TPSA) is 168 Å². The minimum Gasteiger partial charge on any atom is -0.444 e. The number of amides is 3. The first-order valence-corrected chi connectivity index (χ1v) is 17.6. The number of Topliss-reactive ketones (excluding diaryl/α,β-unsaturated/α-hetero) is 1. The molecule has 3 atom stereocenters. The van der Waals surface area contributed by atoms with Gasteiger partial charge in [0, 0.05) is 43.1 Å². The lowest BCUT2D eigenvalue weighted by atomic mass is 9.76. The second kappa shape index (κ2) is 16.0. The number of ketones is 1. The molecule has 2 aliphatic rings. The first-order valence-electron chi connectivity index (χ1n) is 17.6. The Kier molecular flexibility index (Phi) is 12.2. The van der Waals surface area contributed by atoms with Gasteiger partial charge in [0.25, 0.3) is 0 Å². The van der Waals surface area contributed by atoms with Crippen LogP contribution in [0.2, 0.25) is 0 Å². The Morgan fingerprint density at radius 1 is 0.907 bits per heavy atom. The van der Waals surface area contributed by atoms with Crippen molar-refractivity contribution in [3.05, 3.63) is 64.8 Å². The monoisotopic (exact) mass is 738 g/mol. The van der Waals surface area contributed by atoms with Crippen molar-refractivity contribution in [1.29, 1.82) is 0 Å². The number of hydrogen-bond acceptors (Lipinski definition) is 11. The highest BCUT2D eigenvalue weighted by Gasteiger charge is 2.30. The number of nitrogens with one attached hydrogen (secondary N) is 2. The molecule has 14 nitrogen and oxygen atoms in total. The number of fused-ring (bicyclic) bond motifs is 1. The van der Waals surface area contributed by atoms with E-state index in [2.05, 4.69) is 55.5 Å². The molecule has 0 aromatic carbocycles. The molecule has 2 N–H and O–H groups in total. The number of rotatable bonds is 7. The van der Waals surface area contributed by atoms with Crippen LogP contribution in [0.3, 0.4) is 0 Å². The first kappa shape index (κ1) is 40.9. The number of aliphatic imine (C=N–C) groups is 1. The zero-order chi connectivity index (χ0) is 40.3. The van der Waals surface area contributed by atoms with Gasteiger partial charge in [-0.05, 0) is 105 Å². The third-order valence-corrected chi connectivity index (χ3v) is 8.45. The van der Waals surface area contributed by atoms with E-state index in [4.69, 9.17) is 9.47 Å². The maximum Gasteiger partial charge on any atom is 0.428 e. The summed E-state index contributed by atoms with van der Waals surface area (Å²) in [5, 5.41) is 3.89. The average molecular weight is 739 g/mol. The highest BCUT2D eigenvalue weighted by molar-refractivity contribution is 6.05. The number of ether oxygens (including phenoxy) is 2. The van der Waals surface area contributed by atoms with E-state index in [-0.39, 0.29) is 40.4 Å². The average Bonchev–Trinajstić information content (AvgIpc) is 3.05. The Balaban J connectivity index is 1.81. The molecule has 0 fully saturated rings. The molecule has 54 heavy (non-hydrogen) atoms. The molecule has 2 aromatic rings. The van der Waals surface area contributed by atoms with E-state index in [9.17, 15) is 19.2 Å². The van der Waals surface area contributed by atoms with Crippen LogP contribution in [0.4, 0.5) is 21.2 Å². The third kappa shape index (κ3) is 10.2. The van der Waals surface area contributed by atoms with Crippen LogP contribution in [-0.4, -0.2) is 85.8 Å². The summed E-state index contributed by atoms with van der Waals surface area (Å²) in [7, 11) is 2.92. The van der Waals surface area contributed by atoms with Gasteiger partial charge in [0.15, 0.2) is 11.6 Å². The van der Waals surface area contributed by atoms with E-state index in [1.165, 1.54) is 25.9 Å². The van der Waals surface area contributed by atoms with Crippen LogP contribution >= 0.6 is 0 Å². The molecule has 3 unspecified atom stereocenters. The molecule has 0 saturated carbocycles. The van der Waals surface area contributed by atoms with Crippen molar-refractivity contribution < 1.29 is 28.7 Å². The van der Waals surface area contributed by atoms with Gasteiger partial charge in [-0.15, -0.1) is 0 Å². The summed E-state index contributed by atoms with van der Waals surface area (Å²) in [5.41, 5.74) is 5.32. The number of hydrazine groups is 1. The summed E-state index contributed by atoms with van der Waals surface area (Å²) in [5.74, 6) is 6.15. The Hall–Kier alpha value is -5.84. The summed E-state index contributed by atoms with van der Waals surface area (Å²) in [6, 6.07) is 2.28. The molecule has 0 bridgehead atoms. The predicted octanol–water partition coefficient (Wildman–Crippen LogP) is 6.90. The third-order valence-electron chi connectivity index (χ3n) is 8.45. The zero-order valence-corrected chi connectivity index (χ0v) is 33.3. The van der Waals surface area contributed by atoms with Gasteiger partial charge in [0.05, 0.1) is 11.3 Å². The number of anilines is 2. The number of allylic oxidation sites excluding steroid dienone is 5. The number of hydrogen-bond donors (Lipinski definition) is 2. The van der Waals surface area contributed by atoms with E-state index in [0.717, 1.165) is 21.9 Å². The smallest absolute Gasteiger partial charge is 0.428 e. The SMILES string of the molecule is CC(=O)c1c(NN(C)C(=O)OC(C)(C)C)nc(C)nc1-c1cc(C#CC2=CC=C3C(C)=NC=CC3C2C)nc(NC(=O)C(C)N(C)C(=O)OC(C)(C)C)c1. The minimum absolute atomic E-state index is 0.0650. The van der Waals surface area contributed by atoms with Crippen molar-refractivity contribution in [3.8, 4) is 23.1 Å². The van der Waals surface area contributed by atoms with Crippen LogP contribution in [0.25, 0.3) is 11.3 Å². The number of carbonyl (C=O) groups excluding carboxylic acids is 4. The fourth-order valence-corrected chi connectivity index (χ4v) is 5.58. The van der Waals surface area contributed by atoms with Crippen molar-refractivity contribution in [2.75, 3.05) is 24.8 Å². The van der Waals surface area contributed by atoms with Gasteiger partial charge in [0.2, 0.25) is 5.91 Å². The molecule has 3 amide bonds. The van der Waals surface area contributed by atoms with Gasteiger partial charge in [-0.2, -0.15) is 0 Å². The first-order chi connectivity index (χ1) is 25.0. The lowest BCUT2D eigenvalue weighted by molar-refractivity contribution is -0.120. The van der Waals surface area contributed by atoms with Crippen LogP contribution in [-0.2, 0) is 14.3 Å². The van der Waals surface area contributed by atoms with E-state index in [1.807, 2.05) is 25.3 Å². The molecule has 286 valence electrons. The maximum absolute atomic E-state index is 13.6. The van der Waals surface area contributed by atoms with E-state index in [1.54, 1.807) is 67.5 Å². The van der Waals surface area contributed by atoms with Gasteiger partial charge < -0.3 is 14.8 Å². The molecule has 14 heteroatoms. The quantitative estimate of drug-likeness (QED) is 0.173. The lowest BCUT2D eigenvalue weighted by Gasteiger charge is -2.29. The standard InChI is InChI=1S/C40H50N8O6/c1-22-27(15-17-31-23(2)41-19-18-30(22)31)14-16-29-20-28(21-32(44-29)45-36(50)24(3)47(12)37(51)53-39(6,7)8)34-33(25(4)49)35(43-26(5)42-34)46-48(13)38(52)54-40(9,10)11/h15,17-22,24,30H,1-13H3,(H,42,43,46)(H,44,45,50). The summed E-state index contributed by atoms with van der Waals surface area (Å²) in [4.78, 5) is 71.7. The van der Waals surface area contributed by atoms with Gasteiger partial charge in [0.1, 0.15) is 34.6 Å². The van der Waals surface area contributed by atoms with E-state index in [0.29, 0.717) is 11.4 Å². The molecule has 0 radical (unpaired) electrons. The Bertz CT molecular complexity index is 2040. The number of nitrogens with zero attached hydrogens (tertiary/aromatic N) is 6. The highest BCUT2D eigenvalue weighted by atomic mass is 16.6. The predicted molar refractivity (Wildman–Crippen MR) is 208 cm³/mol. The lowest BCUT2D eigenvalue weighted by Crippen LogP contribution is -2.45. The van der Waals surface area contributed by atoms with Crippen molar-refractivity contribution >= 4 is 41.2 Å². The zero-order valence-electron chi connectivity index (χ0n) is 33.3. The molecule has 1 aliphatic carbocycles. The van der Waals surface area contributed by atoms with Gasteiger partial charge in [-0.1, -0.05) is 25.0 Å². The number of pyridine rings is 1.